The molecule has 0 radical (unpaired) electrons. The van der Waals surface area contributed by atoms with E-state index in [0.717, 1.165) is 12.2 Å². The van der Waals surface area contributed by atoms with Gasteiger partial charge in [-0.05, 0) is 29.7 Å². The fourth-order valence-electron chi connectivity index (χ4n) is 1.72. The number of nitrogens with zero attached hydrogens (tertiary/aromatic N) is 1. The molecule has 1 aromatic carbocycles. The minimum Gasteiger partial charge on any atom is -0.323 e. The zero-order chi connectivity index (χ0) is 12.8. The second-order valence-corrected chi connectivity index (χ2v) is 5.29. The molecule has 94 valence electrons. The van der Waals surface area contributed by atoms with Crippen LogP contribution in [0.3, 0.4) is 0 Å². The number of rotatable bonds is 5. The van der Waals surface area contributed by atoms with Crippen LogP contribution in [-0.2, 0) is 6.42 Å². The lowest BCUT2D eigenvalue weighted by Gasteiger charge is -2.12. The highest BCUT2D eigenvalue weighted by molar-refractivity contribution is 7.99. The van der Waals surface area contributed by atoms with Crippen molar-refractivity contribution >= 4 is 11.8 Å². The fraction of sp³-hybridized carbons (Fsp3) is 0.267. The highest BCUT2D eigenvalue weighted by atomic mass is 32.2. The number of pyridine rings is 1. The summed E-state index contributed by atoms with van der Waals surface area (Å²) in [5, 5.41) is 0. The van der Waals surface area contributed by atoms with Gasteiger partial charge in [-0.25, -0.2) is 0 Å². The van der Waals surface area contributed by atoms with E-state index in [0.29, 0.717) is 0 Å². The molecule has 0 aliphatic carbocycles. The van der Waals surface area contributed by atoms with E-state index in [4.69, 9.17) is 5.73 Å². The van der Waals surface area contributed by atoms with Crippen molar-refractivity contribution in [1.82, 2.24) is 4.98 Å². The van der Waals surface area contributed by atoms with Crippen LogP contribution in [0.5, 0.6) is 0 Å². The second-order valence-electron chi connectivity index (χ2n) is 4.20. The Labute approximate surface area is 113 Å². The summed E-state index contributed by atoms with van der Waals surface area (Å²) in [4.78, 5) is 5.22. The van der Waals surface area contributed by atoms with E-state index < -0.39 is 0 Å². The zero-order valence-corrected chi connectivity index (χ0v) is 11.4. The molecule has 1 heterocycles. The summed E-state index contributed by atoms with van der Waals surface area (Å²) in [6, 6.07) is 12.7. The van der Waals surface area contributed by atoms with Crippen LogP contribution >= 0.6 is 11.8 Å². The molecular weight excluding hydrogens is 240 g/mol. The SMILES string of the molecule is CCc1ccc(C(N)CSc2ccncc2)cc1. The van der Waals surface area contributed by atoms with Crippen molar-refractivity contribution in [3.63, 3.8) is 0 Å². The molecule has 0 saturated carbocycles. The van der Waals surface area contributed by atoms with Crippen LogP contribution < -0.4 is 5.73 Å². The topological polar surface area (TPSA) is 38.9 Å². The van der Waals surface area contributed by atoms with Gasteiger partial charge in [0.25, 0.3) is 0 Å². The zero-order valence-electron chi connectivity index (χ0n) is 10.5. The first-order chi connectivity index (χ1) is 8.79. The van der Waals surface area contributed by atoms with Crippen LogP contribution in [-0.4, -0.2) is 10.7 Å². The minimum absolute atomic E-state index is 0.0778. The molecule has 1 atom stereocenters. The van der Waals surface area contributed by atoms with E-state index in [1.54, 1.807) is 11.8 Å². The molecule has 0 aliphatic rings. The standard InChI is InChI=1S/C15H18N2S/c1-2-12-3-5-13(6-4-12)15(16)11-18-14-7-9-17-10-8-14/h3-10,15H,2,11,16H2,1H3. The van der Waals surface area contributed by atoms with E-state index >= 15 is 0 Å². The summed E-state index contributed by atoms with van der Waals surface area (Å²) in [5.41, 5.74) is 8.75. The largest absolute Gasteiger partial charge is 0.323 e. The van der Waals surface area contributed by atoms with Crippen molar-refractivity contribution < 1.29 is 0 Å². The van der Waals surface area contributed by atoms with Crippen LogP contribution in [0.15, 0.2) is 53.7 Å². The van der Waals surface area contributed by atoms with Gasteiger partial charge >= 0.3 is 0 Å². The lowest BCUT2D eigenvalue weighted by Crippen LogP contribution is -2.12. The predicted molar refractivity (Wildman–Crippen MR) is 77.7 cm³/mol. The molecule has 0 fully saturated rings. The Bertz CT molecular complexity index is 468. The van der Waals surface area contributed by atoms with Crippen molar-refractivity contribution in [2.45, 2.75) is 24.3 Å². The maximum atomic E-state index is 6.20. The molecule has 0 bridgehead atoms. The maximum Gasteiger partial charge on any atom is 0.0390 e. The first-order valence-electron chi connectivity index (χ1n) is 6.17. The Hall–Kier alpha value is -1.32. The van der Waals surface area contributed by atoms with Gasteiger partial charge in [-0.15, -0.1) is 11.8 Å². The van der Waals surface area contributed by atoms with Gasteiger partial charge in [0.2, 0.25) is 0 Å². The highest BCUT2D eigenvalue weighted by Crippen LogP contribution is 2.22. The summed E-state index contributed by atoms with van der Waals surface area (Å²) < 4.78 is 0. The molecule has 2 aromatic rings. The molecule has 18 heavy (non-hydrogen) atoms. The van der Waals surface area contributed by atoms with Gasteiger partial charge in [0, 0.05) is 29.1 Å². The molecule has 2 nitrogen and oxygen atoms in total. The smallest absolute Gasteiger partial charge is 0.0390 e. The van der Waals surface area contributed by atoms with Crippen LogP contribution in [0.2, 0.25) is 0 Å². The Morgan fingerprint density at radius 3 is 2.39 bits per heavy atom. The van der Waals surface area contributed by atoms with Crippen molar-refractivity contribution in [1.29, 1.82) is 0 Å². The van der Waals surface area contributed by atoms with Gasteiger partial charge in [0.1, 0.15) is 0 Å². The predicted octanol–water partition coefficient (Wildman–Crippen LogP) is 3.44. The molecule has 3 heteroatoms. The number of aromatic nitrogens is 1. The molecule has 0 spiro atoms. The normalized spacial score (nSPS) is 12.3. The van der Waals surface area contributed by atoms with Crippen LogP contribution in [0, 0.1) is 0 Å². The Morgan fingerprint density at radius 2 is 1.78 bits per heavy atom. The summed E-state index contributed by atoms with van der Waals surface area (Å²) in [5.74, 6) is 0.884. The number of hydrogen-bond acceptors (Lipinski definition) is 3. The second kappa shape index (κ2) is 6.57. The lowest BCUT2D eigenvalue weighted by molar-refractivity contribution is 0.830. The molecule has 2 rings (SSSR count). The van der Waals surface area contributed by atoms with Crippen molar-refractivity contribution in [2.75, 3.05) is 5.75 Å². The Balaban J connectivity index is 1.93. The van der Waals surface area contributed by atoms with Gasteiger partial charge in [-0.2, -0.15) is 0 Å². The Morgan fingerprint density at radius 1 is 1.11 bits per heavy atom. The van der Waals surface area contributed by atoms with E-state index in [2.05, 4.69) is 36.2 Å². The highest BCUT2D eigenvalue weighted by Gasteiger charge is 2.06. The minimum atomic E-state index is 0.0778. The summed E-state index contributed by atoms with van der Waals surface area (Å²) in [6.07, 6.45) is 4.69. The summed E-state index contributed by atoms with van der Waals surface area (Å²) in [6.45, 7) is 2.16. The van der Waals surface area contributed by atoms with E-state index in [1.807, 2.05) is 24.5 Å². The van der Waals surface area contributed by atoms with Crippen molar-refractivity contribution in [3.05, 3.63) is 59.9 Å². The molecule has 0 aliphatic heterocycles. The summed E-state index contributed by atoms with van der Waals surface area (Å²) in [7, 11) is 0. The monoisotopic (exact) mass is 258 g/mol. The molecule has 0 amide bonds. The van der Waals surface area contributed by atoms with E-state index in [-0.39, 0.29) is 6.04 Å². The third-order valence-corrected chi connectivity index (χ3v) is 4.03. The maximum absolute atomic E-state index is 6.20. The number of nitrogens with two attached hydrogens (primary N) is 1. The number of benzene rings is 1. The van der Waals surface area contributed by atoms with Gasteiger partial charge < -0.3 is 5.73 Å². The van der Waals surface area contributed by atoms with Gasteiger partial charge in [-0.1, -0.05) is 31.2 Å². The molecule has 2 N–H and O–H groups in total. The first kappa shape index (κ1) is 13.1. The average molecular weight is 258 g/mol. The van der Waals surface area contributed by atoms with Crippen LogP contribution in [0.25, 0.3) is 0 Å². The van der Waals surface area contributed by atoms with Crippen LogP contribution in [0.4, 0.5) is 0 Å². The van der Waals surface area contributed by atoms with Crippen molar-refractivity contribution in [3.8, 4) is 0 Å². The van der Waals surface area contributed by atoms with Gasteiger partial charge in [0.05, 0.1) is 0 Å². The fourth-order valence-corrected chi connectivity index (χ4v) is 2.60. The van der Waals surface area contributed by atoms with E-state index in [1.165, 1.54) is 16.0 Å². The number of aryl methyl sites for hydroxylation is 1. The van der Waals surface area contributed by atoms with Gasteiger partial charge in [-0.3, -0.25) is 4.98 Å². The average Bonchev–Trinajstić information content (AvgIpc) is 2.46. The first-order valence-corrected chi connectivity index (χ1v) is 7.15. The lowest BCUT2D eigenvalue weighted by atomic mass is 10.1. The van der Waals surface area contributed by atoms with Crippen LogP contribution in [0.1, 0.15) is 24.1 Å². The Kier molecular flexibility index (Phi) is 4.79. The number of hydrogen-bond donors (Lipinski definition) is 1. The van der Waals surface area contributed by atoms with Crippen molar-refractivity contribution in [2.24, 2.45) is 5.73 Å². The van der Waals surface area contributed by atoms with E-state index in [9.17, 15) is 0 Å². The molecule has 1 unspecified atom stereocenters. The van der Waals surface area contributed by atoms with Gasteiger partial charge in [0.15, 0.2) is 0 Å². The third-order valence-electron chi connectivity index (χ3n) is 2.90. The quantitative estimate of drug-likeness (QED) is 0.835. The number of thioether (sulfide) groups is 1. The molecule has 1 aromatic heterocycles. The summed E-state index contributed by atoms with van der Waals surface area (Å²) >= 11 is 1.77. The third kappa shape index (κ3) is 3.59. The molecule has 0 saturated heterocycles. The molecular formula is C15H18N2S.